The maximum atomic E-state index is 12.8. The smallest absolute Gasteiger partial charge is 0.291 e. The van der Waals surface area contributed by atoms with E-state index in [1.807, 2.05) is 0 Å². The van der Waals surface area contributed by atoms with Crippen molar-refractivity contribution in [3.8, 4) is 11.5 Å². The van der Waals surface area contributed by atoms with Crippen LogP contribution in [0.2, 0.25) is 0 Å². The second-order valence-corrected chi connectivity index (χ2v) is 5.19. The van der Waals surface area contributed by atoms with Crippen LogP contribution in [0.4, 0.5) is 10.1 Å². The number of methoxy groups -OCH3 is 1. The number of carbonyl (C=O) groups excluding carboxylic acids is 1. The molecule has 1 heterocycles. The summed E-state index contributed by atoms with van der Waals surface area (Å²) < 4.78 is 28.9. The molecule has 0 atom stereocenters. The fraction of sp³-hybridized carbons (Fsp3) is 0.105. The molecule has 0 spiro atoms. The predicted molar refractivity (Wildman–Crippen MR) is 90.4 cm³/mol. The van der Waals surface area contributed by atoms with Crippen LogP contribution in [0.5, 0.6) is 11.5 Å². The summed E-state index contributed by atoms with van der Waals surface area (Å²) in [6.45, 7) is 0.137. The van der Waals surface area contributed by atoms with Crippen LogP contribution in [0.1, 0.15) is 16.3 Å². The van der Waals surface area contributed by atoms with E-state index < -0.39 is 0 Å². The monoisotopic (exact) mass is 341 g/mol. The van der Waals surface area contributed by atoms with Crippen LogP contribution in [-0.4, -0.2) is 13.0 Å². The van der Waals surface area contributed by atoms with Crippen LogP contribution in [-0.2, 0) is 6.61 Å². The molecule has 0 radical (unpaired) electrons. The number of benzene rings is 2. The summed E-state index contributed by atoms with van der Waals surface area (Å²) in [6, 6.07) is 15.9. The molecule has 128 valence electrons. The third-order valence-electron chi connectivity index (χ3n) is 3.41. The van der Waals surface area contributed by atoms with Crippen LogP contribution >= 0.6 is 0 Å². The highest BCUT2D eigenvalue weighted by molar-refractivity contribution is 6.02. The van der Waals surface area contributed by atoms with Crippen LogP contribution in [0.15, 0.2) is 65.1 Å². The molecule has 0 aliphatic rings. The van der Waals surface area contributed by atoms with E-state index in [0.29, 0.717) is 22.9 Å². The van der Waals surface area contributed by atoms with Gasteiger partial charge in [0, 0.05) is 11.8 Å². The fourth-order valence-corrected chi connectivity index (χ4v) is 2.16. The van der Waals surface area contributed by atoms with Crippen molar-refractivity contribution in [3.63, 3.8) is 0 Å². The van der Waals surface area contributed by atoms with Gasteiger partial charge in [-0.25, -0.2) is 4.39 Å². The van der Waals surface area contributed by atoms with Gasteiger partial charge in [-0.2, -0.15) is 0 Å². The lowest BCUT2D eigenvalue weighted by molar-refractivity contribution is 0.0992. The van der Waals surface area contributed by atoms with E-state index >= 15 is 0 Å². The predicted octanol–water partition coefficient (Wildman–Crippen LogP) is 4.26. The number of amides is 1. The number of carbonyl (C=O) groups is 1. The number of furan rings is 1. The molecule has 6 heteroatoms. The van der Waals surface area contributed by atoms with E-state index in [2.05, 4.69) is 5.32 Å². The SMILES string of the molecule is COc1cccc(NC(=O)c2ccc(COc3ccc(F)cc3)o2)c1. The van der Waals surface area contributed by atoms with Gasteiger partial charge in [0.1, 0.15) is 29.7 Å². The summed E-state index contributed by atoms with van der Waals surface area (Å²) in [5.74, 6) is 1.11. The Hall–Kier alpha value is -3.28. The fourth-order valence-electron chi connectivity index (χ4n) is 2.16. The van der Waals surface area contributed by atoms with Crippen LogP contribution in [0.3, 0.4) is 0 Å². The molecule has 0 unspecified atom stereocenters. The summed E-state index contributed by atoms with van der Waals surface area (Å²) in [5, 5.41) is 2.73. The molecule has 1 aromatic heterocycles. The maximum Gasteiger partial charge on any atom is 0.291 e. The van der Waals surface area contributed by atoms with Crippen molar-refractivity contribution in [2.45, 2.75) is 6.61 Å². The largest absolute Gasteiger partial charge is 0.497 e. The Morgan fingerprint density at radius 3 is 2.64 bits per heavy atom. The molecule has 0 bridgehead atoms. The van der Waals surface area contributed by atoms with Crippen LogP contribution in [0.25, 0.3) is 0 Å². The first-order chi connectivity index (χ1) is 12.1. The van der Waals surface area contributed by atoms with Gasteiger partial charge < -0.3 is 19.2 Å². The Balaban J connectivity index is 1.60. The summed E-state index contributed by atoms with van der Waals surface area (Å²) in [7, 11) is 1.56. The summed E-state index contributed by atoms with van der Waals surface area (Å²) >= 11 is 0. The molecular weight excluding hydrogens is 325 g/mol. The Morgan fingerprint density at radius 1 is 1.08 bits per heavy atom. The van der Waals surface area contributed by atoms with Crippen molar-refractivity contribution in [2.75, 3.05) is 12.4 Å². The Bertz CT molecular complexity index is 858. The van der Waals surface area contributed by atoms with Crippen LogP contribution < -0.4 is 14.8 Å². The molecule has 1 amide bonds. The van der Waals surface area contributed by atoms with Gasteiger partial charge in [-0.1, -0.05) is 6.07 Å². The highest BCUT2D eigenvalue weighted by Gasteiger charge is 2.12. The minimum absolute atomic E-state index is 0.137. The minimum Gasteiger partial charge on any atom is -0.497 e. The van der Waals surface area contributed by atoms with E-state index in [1.54, 1.807) is 43.5 Å². The van der Waals surface area contributed by atoms with Crippen LogP contribution in [0, 0.1) is 5.82 Å². The summed E-state index contributed by atoms with van der Waals surface area (Å²) in [4.78, 5) is 12.2. The van der Waals surface area contributed by atoms with E-state index in [0.717, 1.165) is 0 Å². The number of halogens is 1. The van der Waals surface area contributed by atoms with Crippen molar-refractivity contribution in [2.24, 2.45) is 0 Å². The van der Waals surface area contributed by atoms with Crippen molar-refractivity contribution in [1.82, 2.24) is 0 Å². The van der Waals surface area contributed by atoms with Gasteiger partial charge in [0.05, 0.1) is 7.11 Å². The van der Waals surface area contributed by atoms with Gasteiger partial charge in [-0.05, 0) is 48.5 Å². The second-order valence-electron chi connectivity index (χ2n) is 5.19. The molecule has 25 heavy (non-hydrogen) atoms. The molecule has 0 saturated heterocycles. The average Bonchev–Trinajstić information content (AvgIpc) is 3.10. The molecule has 2 aromatic carbocycles. The van der Waals surface area contributed by atoms with Crippen molar-refractivity contribution in [3.05, 3.63) is 78.0 Å². The quantitative estimate of drug-likeness (QED) is 0.728. The Morgan fingerprint density at radius 2 is 1.88 bits per heavy atom. The standard InChI is InChI=1S/C19H16FNO4/c1-23-16-4-2-3-14(11-16)21-19(22)18-10-9-17(25-18)12-24-15-7-5-13(20)6-8-15/h2-11H,12H2,1H3,(H,21,22). The summed E-state index contributed by atoms with van der Waals surface area (Å²) in [6.07, 6.45) is 0. The molecule has 0 fully saturated rings. The molecule has 1 N–H and O–H groups in total. The lowest BCUT2D eigenvalue weighted by Gasteiger charge is -2.06. The molecule has 3 aromatic rings. The maximum absolute atomic E-state index is 12.8. The zero-order chi connectivity index (χ0) is 17.6. The van der Waals surface area contributed by atoms with Gasteiger partial charge in [0.15, 0.2) is 5.76 Å². The second kappa shape index (κ2) is 7.53. The topological polar surface area (TPSA) is 60.7 Å². The normalized spacial score (nSPS) is 10.3. The van der Waals surface area contributed by atoms with Gasteiger partial charge in [-0.15, -0.1) is 0 Å². The molecule has 3 rings (SSSR count). The number of hydrogen-bond acceptors (Lipinski definition) is 4. The third-order valence-corrected chi connectivity index (χ3v) is 3.41. The van der Waals surface area contributed by atoms with Crippen molar-refractivity contribution >= 4 is 11.6 Å². The number of anilines is 1. The molecular formula is C19H16FNO4. The first-order valence-electron chi connectivity index (χ1n) is 7.56. The Kier molecular flexibility index (Phi) is 4.99. The number of rotatable bonds is 6. The highest BCUT2D eigenvalue weighted by atomic mass is 19.1. The van der Waals surface area contributed by atoms with E-state index in [4.69, 9.17) is 13.9 Å². The zero-order valence-corrected chi connectivity index (χ0v) is 13.5. The Labute approximate surface area is 144 Å². The third kappa shape index (κ3) is 4.38. The molecule has 0 aliphatic carbocycles. The van der Waals surface area contributed by atoms with E-state index in [9.17, 15) is 9.18 Å². The molecule has 5 nitrogen and oxygen atoms in total. The van der Waals surface area contributed by atoms with E-state index in [-0.39, 0.29) is 24.1 Å². The van der Waals surface area contributed by atoms with Gasteiger partial charge in [-0.3, -0.25) is 4.79 Å². The molecule has 0 saturated carbocycles. The average molecular weight is 341 g/mol. The number of hydrogen-bond donors (Lipinski definition) is 1. The van der Waals surface area contributed by atoms with Gasteiger partial charge >= 0.3 is 0 Å². The number of ether oxygens (including phenoxy) is 2. The lowest BCUT2D eigenvalue weighted by Crippen LogP contribution is -2.10. The lowest BCUT2D eigenvalue weighted by atomic mass is 10.3. The first-order valence-corrected chi connectivity index (χ1v) is 7.56. The van der Waals surface area contributed by atoms with Gasteiger partial charge in [0.25, 0.3) is 5.91 Å². The van der Waals surface area contributed by atoms with E-state index in [1.165, 1.54) is 24.3 Å². The highest BCUT2D eigenvalue weighted by Crippen LogP contribution is 2.19. The number of nitrogens with one attached hydrogen (secondary N) is 1. The zero-order valence-electron chi connectivity index (χ0n) is 13.5. The minimum atomic E-state index is -0.374. The van der Waals surface area contributed by atoms with Crippen molar-refractivity contribution in [1.29, 1.82) is 0 Å². The van der Waals surface area contributed by atoms with Gasteiger partial charge in [0.2, 0.25) is 0 Å². The van der Waals surface area contributed by atoms with Crippen molar-refractivity contribution < 1.29 is 23.1 Å². The molecule has 0 aliphatic heterocycles. The first kappa shape index (κ1) is 16.6. The summed E-state index contributed by atoms with van der Waals surface area (Å²) in [5.41, 5.74) is 0.602.